The van der Waals surface area contributed by atoms with Crippen LogP contribution in [0.2, 0.25) is 0 Å². The summed E-state index contributed by atoms with van der Waals surface area (Å²) < 4.78 is 29.0. The number of benzene rings is 1. The molecule has 3 aliphatic rings. The molecule has 1 spiro atoms. The number of rotatable bonds is 5. The summed E-state index contributed by atoms with van der Waals surface area (Å²) in [4.78, 5) is 20.7. The lowest BCUT2D eigenvalue weighted by molar-refractivity contribution is 0.0534. The second-order valence-electron chi connectivity index (χ2n) is 9.60. The number of β-amino-alcohol motifs (C(OH)–C–C–N with tert-alkyl or cyclic N) is 1. The zero-order valence-corrected chi connectivity index (χ0v) is 20.5. The fourth-order valence-electron chi connectivity index (χ4n) is 5.36. The largest absolute Gasteiger partial charge is 0.457 e. The number of nitrogens with zero attached hydrogens (tertiary/aromatic N) is 3. The number of aromatic nitrogens is 1. The molecule has 0 saturated carbocycles. The van der Waals surface area contributed by atoms with E-state index >= 15 is 0 Å². The normalized spacial score (nSPS) is 21.4. The van der Waals surface area contributed by atoms with Gasteiger partial charge >= 0.3 is 5.97 Å². The van der Waals surface area contributed by atoms with E-state index in [2.05, 4.69) is 14.8 Å². The summed E-state index contributed by atoms with van der Waals surface area (Å²) in [7, 11) is -3.22. The maximum atomic E-state index is 11.8. The number of carbonyl (C=O) groups excluding carboxylic acids is 1. The predicted molar refractivity (Wildman–Crippen MR) is 125 cm³/mol. The van der Waals surface area contributed by atoms with Crippen molar-refractivity contribution in [2.24, 2.45) is 5.41 Å². The van der Waals surface area contributed by atoms with Crippen molar-refractivity contribution in [3.63, 3.8) is 0 Å². The highest BCUT2D eigenvalue weighted by molar-refractivity contribution is 7.92. The minimum atomic E-state index is -3.22. The van der Waals surface area contributed by atoms with E-state index < -0.39 is 15.9 Å². The third kappa shape index (κ3) is 4.29. The highest BCUT2D eigenvalue weighted by Crippen LogP contribution is 2.43. The number of anilines is 1. The number of hydrogen-bond acceptors (Lipinski definition) is 9. The molecule has 3 aliphatic heterocycles. The topological polar surface area (TPSA) is 100 Å². The first-order chi connectivity index (χ1) is 15.7. The monoisotopic (exact) mass is 491 g/mol. The van der Waals surface area contributed by atoms with Gasteiger partial charge in [0.05, 0.1) is 17.9 Å². The molecule has 1 aromatic heterocycles. The van der Waals surface area contributed by atoms with Crippen LogP contribution in [-0.2, 0) is 21.2 Å². The molecular weight excluding hydrogens is 462 g/mol. The third-order valence-corrected chi connectivity index (χ3v) is 10.3. The number of cyclic esters (lactones) is 1. The lowest BCUT2D eigenvalue weighted by atomic mass is 9.77. The summed E-state index contributed by atoms with van der Waals surface area (Å²) in [5, 5.41) is 11.7. The number of fused-ring (bicyclic) bond motifs is 1. The first-order valence-corrected chi connectivity index (χ1v) is 14.0. The van der Waals surface area contributed by atoms with Gasteiger partial charge in [0.25, 0.3) is 0 Å². The number of sulfone groups is 1. The molecule has 0 amide bonds. The molecule has 1 atom stereocenters. The Morgan fingerprint density at radius 1 is 1.24 bits per heavy atom. The fraction of sp³-hybridized carbons (Fsp3) is 0.565. The zero-order chi connectivity index (χ0) is 23.4. The molecule has 8 nitrogen and oxygen atoms in total. The Morgan fingerprint density at radius 2 is 1.97 bits per heavy atom. The smallest absolute Gasteiger partial charge is 0.338 e. The van der Waals surface area contributed by atoms with E-state index in [9.17, 15) is 18.3 Å². The Hall–Kier alpha value is -2.01. The van der Waals surface area contributed by atoms with Gasteiger partial charge in [0.15, 0.2) is 15.0 Å². The van der Waals surface area contributed by atoms with E-state index in [0.717, 1.165) is 67.3 Å². The van der Waals surface area contributed by atoms with E-state index in [1.807, 2.05) is 13.0 Å². The van der Waals surface area contributed by atoms with Crippen LogP contribution in [0.3, 0.4) is 0 Å². The molecule has 1 aromatic carbocycles. The van der Waals surface area contributed by atoms with Crippen LogP contribution in [0.1, 0.15) is 52.4 Å². The fourth-order valence-corrected chi connectivity index (χ4v) is 7.11. The molecule has 33 heavy (non-hydrogen) atoms. The van der Waals surface area contributed by atoms with Crippen molar-refractivity contribution in [2.45, 2.75) is 43.1 Å². The maximum absolute atomic E-state index is 11.8. The molecule has 0 radical (unpaired) electrons. The SMILES string of the molecule is Cc1c(C(O)CN2CCC3(CC2)CCN(c2ncc(S(C)(=O)=O)s2)C3)ccc2c1COC2=O. The molecule has 1 unspecified atom stereocenters. The third-order valence-electron chi connectivity index (χ3n) is 7.46. The number of likely N-dealkylation sites (tertiary alicyclic amines) is 1. The lowest BCUT2D eigenvalue weighted by Gasteiger charge is -2.40. The van der Waals surface area contributed by atoms with Gasteiger partial charge in [0.2, 0.25) is 0 Å². The van der Waals surface area contributed by atoms with Gasteiger partial charge in [-0.1, -0.05) is 17.4 Å². The van der Waals surface area contributed by atoms with Crippen LogP contribution in [-0.4, -0.2) is 68.4 Å². The number of aliphatic hydroxyl groups excluding tert-OH is 1. The summed E-state index contributed by atoms with van der Waals surface area (Å²) in [5.41, 5.74) is 3.53. The van der Waals surface area contributed by atoms with E-state index in [1.54, 1.807) is 6.07 Å². The number of aliphatic hydroxyl groups is 1. The van der Waals surface area contributed by atoms with Crippen LogP contribution >= 0.6 is 11.3 Å². The number of thiazole rings is 1. The quantitative estimate of drug-likeness (QED) is 0.637. The molecule has 2 saturated heterocycles. The van der Waals surface area contributed by atoms with Gasteiger partial charge < -0.3 is 19.6 Å². The van der Waals surface area contributed by atoms with Crippen LogP contribution < -0.4 is 4.90 Å². The molecular formula is C23H29N3O5S2. The van der Waals surface area contributed by atoms with E-state index in [4.69, 9.17) is 4.74 Å². The average Bonchev–Trinajstić information content (AvgIpc) is 3.49. The van der Waals surface area contributed by atoms with Crippen molar-refractivity contribution in [3.05, 3.63) is 40.6 Å². The molecule has 0 bridgehead atoms. The van der Waals surface area contributed by atoms with Gasteiger partial charge in [-0.2, -0.15) is 0 Å². The first kappa shape index (κ1) is 22.8. The van der Waals surface area contributed by atoms with Crippen molar-refractivity contribution in [1.29, 1.82) is 0 Å². The van der Waals surface area contributed by atoms with Crippen molar-refractivity contribution >= 4 is 32.3 Å². The number of hydrogen-bond donors (Lipinski definition) is 1. The van der Waals surface area contributed by atoms with Crippen LogP contribution in [0.4, 0.5) is 5.13 Å². The van der Waals surface area contributed by atoms with Crippen LogP contribution in [0, 0.1) is 12.3 Å². The predicted octanol–water partition coefficient (Wildman–Crippen LogP) is 2.55. The first-order valence-electron chi connectivity index (χ1n) is 11.3. The molecule has 178 valence electrons. The van der Waals surface area contributed by atoms with Crippen molar-refractivity contribution in [3.8, 4) is 0 Å². The number of ether oxygens (including phenoxy) is 1. The zero-order valence-electron chi connectivity index (χ0n) is 18.9. The number of carbonyl (C=O) groups is 1. The van der Waals surface area contributed by atoms with Gasteiger partial charge in [0, 0.05) is 31.5 Å². The molecule has 2 fully saturated rings. The average molecular weight is 492 g/mol. The van der Waals surface area contributed by atoms with E-state index in [1.165, 1.54) is 23.8 Å². The standard InChI is InChI=1S/C23H29N3O5S2/c1-15-16(3-4-17-18(15)13-31-21(17)28)19(27)12-25-8-5-23(6-9-25)7-10-26(14-23)22-24-11-20(32-22)33(2,29)30/h3-4,11,19,27H,5-10,12-14H2,1-2H3. The van der Waals surface area contributed by atoms with Crippen molar-refractivity contribution < 1.29 is 23.1 Å². The van der Waals surface area contributed by atoms with Crippen LogP contribution in [0.15, 0.2) is 22.5 Å². The molecule has 5 rings (SSSR count). The highest BCUT2D eigenvalue weighted by atomic mass is 32.2. The van der Waals surface area contributed by atoms with Gasteiger partial charge in [0.1, 0.15) is 10.8 Å². The molecule has 1 N–H and O–H groups in total. The summed E-state index contributed by atoms with van der Waals surface area (Å²) in [6.45, 7) is 6.44. The summed E-state index contributed by atoms with van der Waals surface area (Å²) in [6, 6.07) is 3.62. The Labute approximate surface area is 198 Å². The Kier molecular flexibility index (Phi) is 5.75. The molecule has 10 heteroatoms. The minimum absolute atomic E-state index is 0.222. The minimum Gasteiger partial charge on any atom is -0.457 e. The maximum Gasteiger partial charge on any atom is 0.338 e. The Balaban J connectivity index is 1.19. The second kappa shape index (κ2) is 8.33. The Bertz CT molecular complexity index is 1180. The van der Waals surface area contributed by atoms with Gasteiger partial charge in [-0.25, -0.2) is 18.2 Å². The Morgan fingerprint density at radius 3 is 2.67 bits per heavy atom. The van der Waals surface area contributed by atoms with Crippen molar-refractivity contribution in [2.75, 3.05) is 43.9 Å². The van der Waals surface area contributed by atoms with Gasteiger partial charge in [-0.05, 0) is 61.9 Å². The second-order valence-corrected chi connectivity index (χ2v) is 12.9. The molecule has 4 heterocycles. The molecule has 2 aromatic rings. The highest BCUT2D eigenvalue weighted by Gasteiger charge is 2.41. The number of esters is 1. The van der Waals surface area contributed by atoms with E-state index in [0.29, 0.717) is 16.3 Å². The lowest BCUT2D eigenvalue weighted by Crippen LogP contribution is -2.43. The van der Waals surface area contributed by atoms with Gasteiger partial charge in [-0.15, -0.1) is 0 Å². The van der Waals surface area contributed by atoms with Crippen LogP contribution in [0.5, 0.6) is 0 Å². The molecule has 0 aliphatic carbocycles. The summed E-state index contributed by atoms with van der Waals surface area (Å²) in [6.07, 6.45) is 5.25. The summed E-state index contributed by atoms with van der Waals surface area (Å²) >= 11 is 1.25. The van der Waals surface area contributed by atoms with Crippen molar-refractivity contribution in [1.82, 2.24) is 9.88 Å². The van der Waals surface area contributed by atoms with E-state index in [-0.39, 0.29) is 18.0 Å². The van der Waals surface area contributed by atoms with Gasteiger partial charge in [-0.3, -0.25) is 0 Å². The summed E-state index contributed by atoms with van der Waals surface area (Å²) in [5.74, 6) is -0.286. The van der Waals surface area contributed by atoms with Crippen LogP contribution in [0.25, 0.3) is 0 Å². The number of piperidine rings is 1.